The summed E-state index contributed by atoms with van der Waals surface area (Å²) >= 11 is 0. The number of rotatable bonds is 12. The van der Waals surface area contributed by atoms with E-state index in [4.69, 9.17) is 9.73 Å². The number of guanidine groups is 1. The fraction of sp³-hybridized carbons (Fsp3) is 0.944. The molecule has 7 nitrogen and oxygen atoms in total. The van der Waals surface area contributed by atoms with Gasteiger partial charge in [0.05, 0.1) is 5.75 Å². The lowest BCUT2D eigenvalue weighted by atomic mass is 9.67. The van der Waals surface area contributed by atoms with E-state index in [-0.39, 0.29) is 35.1 Å². The van der Waals surface area contributed by atoms with Crippen LogP contribution in [0, 0.1) is 11.3 Å². The Kier molecular flexibility index (Phi) is 11.5. The second-order valence-electron chi connectivity index (χ2n) is 7.68. The highest BCUT2D eigenvalue weighted by Crippen LogP contribution is 2.44. The lowest BCUT2D eigenvalue weighted by Gasteiger charge is -2.40. The lowest BCUT2D eigenvalue weighted by molar-refractivity contribution is 0.0778. The van der Waals surface area contributed by atoms with Crippen molar-refractivity contribution in [2.45, 2.75) is 51.9 Å². The minimum Gasteiger partial charge on any atom is -0.385 e. The van der Waals surface area contributed by atoms with Gasteiger partial charge in [0, 0.05) is 39.9 Å². The van der Waals surface area contributed by atoms with Gasteiger partial charge in [-0.05, 0) is 50.4 Å². The highest BCUT2D eigenvalue weighted by molar-refractivity contribution is 14.0. The molecule has 2 rings (SSSR count). The lowest BCUT2D eigenvalue weighted by Crippen LogP contribution is -2.43. The Labute approximate surface area is 181 Å². The van der Waals surface area contributed by atoms with Crippen molar-refractivity contribution < 1.29 is 13.2 Å². The van der Waals surface area contributed by atoms with Crippen LogP contribution in [0.5, 0.6) is 0 Å². The topological polar surface area (TPSA) is 91.8 Å². The number of hydrogen-bond acceptors (Lipinski definition) is 4. The zero-order valence-corrected chi connectivity index (χ0v) is 19.9. The van der Waals surface area contributed by atoms with Crippen LogP contribution >= 0.6 is 24.0 Å². The average Bonchev–Trinajstić information content (AvgIpc) is 2.51. The van der Waals surface area contributed by atoms with Gasteiger partial charge in [-0.3, -0.25) is 4.99 Å². The minimum absolute atomic E-state index is 0. The summed E-state index contributed by atoms with van der Waals surface area (Å²) in [5.74, 6) is 1.30. The van der Waals surface area contributed by atoms with Crippen molar-refractivity contribution in [3.05, 3.63) is 0 Å². The molecule has 0 spiro atoms. The van der Waals surface area contributed by atoms with Crippen LogP contribution in [0.1, 0.15) is 51.9 Å². The van der Waals surface area contributed by atoms with E-state index >= 15 is 0 Å². The fourth-order valence-corrected chi connectivity index (χ4v) is 4.39. The molecule has 3 N–H and O–H groups in total. The predicted octanol–water partition coefficient (Wildman–Crippen LogP) is 2.09. The van der Waals surface area contributed by atoms with Gasteiger partial charge in [0.2, 0.25) is 10.0 Å². The van der Waals surface area contributed by atoms with Crippen LogP contribution in [-0.4, -0.2) is 60.0 Å². The van der Waals surface area contributed by atoms with Crippen molar-refractivity contribution in [1.29, 1.82) is 0 Å². The zero-order valence-electron chi connectivity index (χ0n) is 16.8. The summed E-state index contributed by atoms with van der Waals surface area (Å²) in [4.78, 5) is 4.70. The van der Waals surface area contributed by atoms with Crippen LogP contribution in [0.25, 0.3) is 0 Å². The summed E-state index contributed by atoms with van der Waals surface area (Å²) < 4.78 is 32.1. The van der Waals surface area contributed by atoms with E-state index in [2.05, 4.69) is 15.4 Å². The van der Waals surface area contributed by atoms with Gasteiger partial charge in [0.25, 0.3) is 0 Å². The number of sulfonamides is 1. The molecular weight excluding hydrogens is 479 g/mol. The van der Waals surface area contributed by atoms with Crippen LogP contribution in [-0.2, 0) is 14.8 Å². The van der Waals surface area contributed by atoms with Crippen molar-refractivity contribution in [2.24, 2.45) is 16.3 Å². The molecule has 0 bridgehead atoms. The average molecular weight is 516 g/mol. The fourth-order valence-electron chi connectivity index (χ4n) is 3.39. The van der Waals surface area contributed by atoms with E-state index < -0.39 is 10.0 Å². The Morgan fingerprint density at radius 3 is 2.48 bits per heavy atom. The molecule has 0 amide bonds. The van der Waals surface area contributed by atoms with Gasteiger partial charge in [-0.15, -0.1) is 24.0 Å². The van der Waals surface area contributed by atoms with Crippen molar-refractivity contribution in [3.8, 4) is 0 Å². The summed E-state index contributed by atoms with van der Waals surface area (Å²) in [6, 6.07) is 0. The second kappa shape index (κ2) is 12.4. The molecule has 0 atom stereocenters. The van der Waals surface area contributed by atoms with Crippen molar-refractivity contribution in [3.63, 3.8) is 0 Å². The molecule has 0 saturated heterocycles. The predicted molar refractivity (Wildman–Crippen MR) is 121 cm³/mol. The largest absolute Gasteiger partial charge is 0.385 e. The SMILES string of the molecule is CCNC(=NCC1(CCOC)CCC1)NCCS(=O)(=O)NCC1CCC1.I. The highest BCUT2D eigenvalue weighted by atomic mass is 127. The Balaban J connectivity index is 0.00000364. The molecule has 0 aromatic carbocycles. The van der Waals surface area contributed by atoms with E-state index in [0.29, 0.717) is 25.0 Å². The molecule has 0 aromatic heterocycles. The quantitative estimate of drug-likeness (QED) is 0.210. The smallest absolute Gasteiger partial charge is 0.213 e. The number of aliphatic imine (C=N–C) groups is 1. The molecule has 0 radical (unpaired) electrons. The Morgan fingerprint density at radius 1 is 1.22 bits per heavy atom. The van der Waals surface area contributed by atoms with Crippen LogP contribution in [0.2, 0.25) is 0 Å². The highest BCUT2D eigenvalue weighted by Gasteiger charge is 2.36. The van der Waals surface area contributed by atoms with Gasteiger partial charge in [-0.1, -0.05) is 12.8 Å². The standard InChI is InChI=1S/C18H36N4O3S.HI/c1-3-19-17(21-15-18(8-5-9-18)10-12-25-2)20-11-13-26(23,24)22-14-16-6-4-7-16;/h16,22H,3-15H2,1-2H3,(H2,19,20,21);1H. The van der Waals surface area contributed by atoms with E-state index in [1.165, 1.54) is 25.7 Å². The first kappa shape index (κ1) is 24.9. The maximum absolute atomic E-state index is 12.1. The number of hydrogen-bond donors (Lipinski definition) is 3. The Hall–Kier alpha value is -0.130. The van der Waals surface area contributed by atoms with Crippen LogP contribution in [0.4, 0.5) is 0 Å². The second-order valence-corrected chi connectivity index (χ2v) is 9.61. The number of methoxy groups -OCH3 is 1. The first-order valence-electron chi connectivity index (χ1n) is 9.97. The van der Waals surface area contributed by atoms with E-state index in [0.717, 1.165) is 39.0 Å². The molecule has 160 valence electrons. The summed E-state index contributed by atoms with van der Waals surface area (Å²) in [5.41, 5.74) is 0.259. The van der Waals surface area contributed by atoms with Crippen LogP contribution in [0.15, 0.2) is 4.99 Å². The van der Waals surface area contributed by atoms with Gasteiger partial charge in [0.1, 0.15) is 0 Å². The summed E-state index contributed by atoms with van der Waals surface area (Å²) in [6.07, 6.45) is 8.19. The molecule has 0 unspecified atom stereocenters. The van der Waals surface area contributed by atoms with Crippen LogP contribution < -0.4 is 15.4 Å². The van der Waals surface area contributed by atoms with Crippen molar-refractivity contribution in [1.82, 2.24) is 15.4 Å². The number of nitrogens with one attached hydrogen (secondary N) is 3. The molecule has 9 heteroatoms. The number of halogens is 1. The summed E-state index contributed by atoms with van der Waals surface area (Å²) in [6.45, 7) is 5.24. The minimum atomic E-state index is -3.22. The monoisotopic (exact) mass is 516 g/mol. The molecule has 27 heavy (non-hydrogen) atoms. The molecule has 2 aliphatic carbocycles. The molecule has 2 saturated carbocycles. The summed E-state index contributed by atoms with van der Waals surface area (Å²) in [5, 5.41) is 6.36. The van der Waals surface area contributed by atoms with E-state index in [1.807, 2.05) is 6.92 Å². The van der Waals surface area contributed by atoms with Gasteiger partial charge >= 0.3 is 0 Å². The molecule has 0 aromatic rings. The van der Waals surface area contributed by atoms with Gasteiger partial charge < -0.3 is 15.4 Å². The maximum atomic E-state index is 12.1. The number of nitrogens with zero attached hydrogens (tertiary/aromatic N) is 1. The Morgan fingerprint density at radius 2 is 1.96 bits per heavy atom. The third-order valence-corrected chi connectivity index (χ3v) is 7.00. The normalized spacial score (nSPS) is 19.6. The van der Waals surface area contributed by atoms with Gasteiger partial charge in [-0.2, -0.15) is 0 Å². The molecule has 0 aliphatic heterocycles. The van der Waals surface area contributed by atoms with Gasteiger partial charge in [0.15, 0.2) is 5.96 Å². The summed E-state index contributed by atoms with van der Waals surface area (Å²) in [7, 11) is -1.49. The first-order chi connectivity index (χ1) is 12.5. The zero-order chi connectivity index (χ0) is 18.9. The number of ether oxygens (including phenoxy) is 1. The third-order valence-electron chi connectivity index (χ3n) is 5.65. The van der Waals surface area contributed by atoms with E-state index in [1.54, 1.807) is 7.11 Å². The molecule has 2 aliphatic rings. The third kappa shape index (κ3) is 8.82. The van der Waals surface area contributed by atoms with Crippen molar-refractivity contribution in [2.75, 3.05) is 45.6 Å². The van der Waals surface area contributed by atoms with Crippen LogP contribution in [0.3, 0.4) is 0 Å². The molecule has 2 fully saturated rings. The maximum Gasteiger partial charge on any atom is 0.213 e. The molecule has 0 heterocycles. The Bertz CT molecular complexity index is 549. The molecular formula is C18H37IN4O3S. The van der Waals surface area contributed by atoms with Crippen molar-refractivity contribution >= 4 is 40.0 Å². The van der Waals surface area contributed by atoms with E-state index in [9.17, 15) is 8.42 Å². The first-order valence-corrected chi connectivity index (χ1v) is 11.6. The van der Waals surface area contributed by atoms with Gasteiger partial charge in [-0.25, -0.2) is 13.1 Å².